The second kappa shape index (κ2) is 2.15. The summed E-state index contributed by atoms with van der Waals surface area (Å²) in [6.45, 7) is 2.13. The molecule has 1 heterocycles. The van der Waals surface area contributed by atoms with Gasteiger partial charge >= 0.3 is 0 Å². The van der Waals surface area contributed by atoms with Gasteiger partial charge in [-0.05, 0) is 31.4 Å². The smallest absolute Gasteiger partial charge is 0.118 e. The molecule has 0 aromatic carbocycles. The molecule has 1 aliphatic carbocycles. The molecule has 0 amide bonds. The van der Waals surface area contributed by atoms with Gasteiger partial charge < -0.3 is 4.74 Å². The summed E-state index contributed by atoms with van der Waals surface area (Å²) in [5.74, 6) is 1.15. The van der Waals surface area contributed by atoms with E-state index in [-0.39, 0.29) is 0 Å². The van der Waals surface area contributed by atoms with E-state index in [0.29, 0.717) is 6.10 Å². The molecular formula is C9H12O. The Balaban J connectivity index is 2.21. The van der Waals surface area contributed by atoms with Gasteiger partial charge in [-0.1, -0.05) is 6.08 Å². The van der Waals surface area contributed by atoms with Crippen molar-refractivity contribution in [1.82, 2.24) is 0 Å². The van der Waals surface area contributed by atoms with Crippen molar-refractivity contribution in [3.63, 3.8) is 0 Å². The van der Waals surface area contributed by atoms with Crippen molar-refractivity contribution >= 4 is 0 Å². The van der Waals surface area contributed by atoms with Gasteiger partial charge in [-0.2, -0.15) is 0 Å². The van der Waals surface area contributed by atoms with Crippen LogP contribution in [0.1, 0.15) is 26.2 Å². The number of ether oxygens (including phenoxy) is 1. The van der Waals surface area contributed by atoms with Gasteiger partial charge in [0.05, 0.1) is 6.10 Å². The summed E-state index contributed by atoms with van der Waals surface area (Å²) >= 11 is 0. The molecule has 0 N–H and O–H groups in total. The Hall–Kier alpha value is -0.720. The number of allylic oxidation sites excluding steroid dienone is 2. The lowest BCUT2D eigenvalue weighted by atomic mass is 10.0. The largest absolute Gasteiger partial charge is 0.490 e. The molecule has 0 spiro atoms. The first-order valence-electron chi connectivity index (χ1n) is 3.91. The number of rotatable bonds is 0. The first-order valence-corrected chi connectivity index (χ1v) is 3.91. The van der Waals surface area contributed by atoms with E-state index in [1.165, 1.54) is 18.4 Å². The molecule has 0 radical (unpaired) electrons. The van der Waals surface area contributed by atoms with Crippen LogP contribution in [0.4, 0.5) is 0 Å². The third-order valence-electron chi connectivity index (χ3n) is 2.09. The summed E-state index contributed by atoms with van der Waals surface area (Å²) in [4.78, 5) is 0. The lowest BCUT2D eigenvalue weighted by Gasteiger charge is -2.05. The van der Waals surface area contributed by atoms with Crippen LogP contribution in [0.15, 0.2) is 23.5 Å². The SMILES string of the molecule is CC1CC2=C(C=CCC2)O1. The highest BCUT2D eigenvalue weighted by Crippen LogP contribution is 2.31. The van der Waals surface area contributed by atoms with Crippen molar-refractivity contribution in [3.8, 4) is 0 Å². The van der Waals surface area contributed by atoms with E-state index in [1.54, 1.807) is 0 Å². The first-order chi connectivity index (χ1) is 4.86. The zero-order chi connectivity index (χ0) is 6.97. The molecule has 1 atom stereocenters. The van der Waals surface area contributed by atoms with Crippen LogP contribution in [-0.2, 0) is 4.74 Å². The van der Waals surface area contributed by atoms with Crippen molar-refractivity contribution in [1.29, 1.82) is 0 Å². The van der Waals surface area contributed by atoms with Crippen LogP contribution < -0.4 is 0 Å². The minimum atomic E-state index is 0.424. The fraction of sp³-hybridized carbons (Fsp3) is 0.556. The fourth-order valence-electron chi connectivity index (χ4n) is 1.62. The third kappa shape index (κ3) is 0.859. The lowest BCUT2D eigenvalue weighted by molar-refractivity contribution is 0.169. The van der Waals surface area contributed by atoms with Crippen molar-refractivity contribution in [2.45, 2.75) is 32.3 Å². The monoisotopic (exact) mass is 136 g/mol. The Bertz CT molecular complexity index is 201. The molecule has 10 heavy (non-hydrogen) atoms. The van der Waals surface area contributed by atoms with Crippen LogP contribution in [0.2, 0.25) is 0 Å². The van der Waals surface area contributed by atoms with Gasteiger partial charge in [-0.25, -0.2) is 0 Å². The molecule has 1 aliphatic heterocycles. The Morgan fingerprint density at radius 1 is 1.60 bits per heavy atom. The van der Waals surface area contributed by atoms with Gasteiger partial charge in [-0.3, -0.25) is 0 Å². The van der Waals surface area contributed by atoms with E-state index in [0.717, 1.165) is 12.2 Å². The number of hydrogen-bond acceptors (Lipinski definition) is 1. The van der Waals surface area contributed by atoms with Gasteiger partial charge in [0.1, 0.15) is 5.76 Å². The molecule has 0 bridgehead atoms. The van der Waals surface area contributed by atoms with Gasteiger partial charge in [0.25, 0.3) is 0 Å². The van der Waals surface area contributed by atoms with E-state index >= 15 is 0 Å². The second-order valence-corrected chi connectivity index (χ2v) is 3.04. The van der Waals surface area contributed by atoms with Crippen LogP contribution in [0.25, 0.3) is 0 Å². The Morgan fingerprint density at radius 3 is 3.30 bits per heavy atom. The summed E-state index contributed by atoms with van der Waals surface area (Å²) in [6.07, 6.45) is 8.30. The molecule has 0 fully saturated rings. The van der Waals surface area contributed by atoms with E-state index in [1.807, 2.05) is 0 Å². The van der Waals surface area contributed by atoms with Crippen molar-refractivity contribution in [2.75, 3.05) is 0 Å². The van der Waals surface area contributed by atoms with E-state index in [9.17, 15) is 0 Å². The minimum Gasteiger partial charge on any atom is -0.490 e. The Labute approximate surface area is 61.4 Å². The maximum atomic E-state index is 5.56. The van der Waals surface area contributed by atoms with Crippen LogP contribution in [0, 0.1) is 0 Å². The van der Waals surface area contributed by atoms with Crippen LogP contribution in [0.5, 0.6) is 0 Å². The quantitative estimate of drug-likeness (QED) is 0.497. The van der Waals surface area contributed by atoms with Gasteiger partial charge in [0.15, 0.2) is 0 Å². The predicted molar refractivity (Wildman–Crippen MR) is 40.6 cm³/mol. The molecule has 0 saturated carbocycles. The normalized spacial score (nSPS) is 30.3. The third-order valence-corrected chi connectivity index (χ3v) is 2.09. The average Bonchev–Trinajstić information content (AvgIpc) is 2.27. The summed E-state index contributed by atoms with van der Waals surface area (Å²) < 4.78 is 5.56. The van der Waals surface area contributed by atoms with Gasteiger partial charge in [-0.15, -0.1) is 0 Å². The van der Waals surface area contributed by atoms with Crippen LogP contribution in [-0.4, -0.2) is 6.10 Å². The van der Waals surface area contributed by atoms with Gasteiger partial charge in [0.2, 0.25) is 0 Å². The topological polar surface area (TPSA) is 9.23 Å². The maximum Gasteiger partial charge on any atom is 0.118 e. The molecule has 0 aromatic heterocycles. The molecule has 0 aromatic rings. The molecule has 2 rings (SSSR count). The van der Waals surface area contributed by atoms with E-state index in [2.05, 4.69) is 19.1 Å². The Kier molecular flexibility index (Phi) is 1.30. The summed E-state index contributed by atoms with van der Waals surface area (Å²) in [7, 11) is 0. The highest BCUT2D eigenvalue weighted by atomic mass is 16.5. The van der Waals surface area contributed by atoms with Crippen molar-refractivity contribution in [3.05, 3.63) is 23.5 Å². The Morgan fingerprint density at radius 2 is 2.50 bits per heavy atom. The summed E-state index contributed by atoms with van der Waals surface area (Å²) in [5, 5.41) is 0. The van der Waals surface area contributed by atoms with Crippen LogP contribution >= 0.6 is 0 Å². The molecule has 54 valence electrons. The standard InChI is InChI=1S/C9H12O/c1-7-6-8-4-2-3-5-9(8)10-7/h3,5,7H,2,4,6H2,1H3. The molecule has 1 heteroatoms. The zero-order valence-corrected chi connectivity index (χ0v) is 6.26. The maximum absolute atomic E-state index is 5.56. The molecular weight excluding hydrogens is 124 g/mol. The van der Waals surface area contributed by atoms with Gasteiger partial charge in [0, 0.05) is 6.42 Å². The summed E-state index contributed by atoms with van der Waals surface area (Å²) in [5.41, 5.74) is 1.52. The average molecular weight is 136 g/mol. The molecule has 1 unspecified atom stereocenters. The second-order valence-electron chi connectivity index (χ2n) is 3.04. The molecule has 2 aliphatic rings. The molecule has 0 saturated heterocycles. The fourth-order valence-corrected chi connectivity index (χ4v) is 1.62. The lowest BCUT2D eigenvalue weighted by Crippen LogP contribution is -1.96. The van der Waals surface area contributed by atoms with Crippen molar-refractivity contribution in [2.24, 2.45) is 0 Å². The number of hydrogen-bond donors (Lipinski definition) is 0. The highest BCUT2D eigenvalue weighted by molar-refractivity contribution is 5.28. The van der Waals surface area contributed by atoms with Crippen molar-refractivity contribution < 1.29 is 4.74 Å². The van der Waals surface area contributed by atoms with E-state index < -0.39 is 0 Å². The minimum absolute atomic E-state index is 0.424. The van der Waals surface area contributed by atoms with E-state index in [4.69, 9.17) is 4.74 Å². The summed E-state index contributed by atoms with van der Waals surface area (Å²) in [6, 6.07) is 0. The van der Waals surface area contributed by atoms with Crippen LogP contribution in [0.3, 0.4) is 0 Å². The predicted octanol–water partition coefficient (Wildman–Crippen LogP) is 2.40. The molecule has 1 nitrogen and oxygen atoms in total. The first kappa shape index (κ1) is 6.02. The zero-order valence-electron chi connectivity index (χ0n) is 6.26. The highest BCUT2D eigenvalue weighted by Gasteiger charge is 2.21.